The third kappa shape index (κ3) is 3.76. The van der Waals surface area contributed by atoms with Gasteiger partial charge in [0.05, 0.1) is 0 Å². The lowest BCUT2D eigenvalue weighted by molar-refractivity contribution is 0.0664. The van der Waals surface area contributed by atoms with Crippen molar-refractivity contribution >= 4 is 17.8 Å². The van der Waals surface area contributed by atoms with E-state index in [0.717, 1.165) is 19.3 Å². The molecule has 0 radical (unpaired) electrons. The van der Waals surface area contributed by atoms with Crippen LogP contribution in [0.15, 0.2) is 60.7 Å². The minimum absolute atomic E-state index is 0.325. The lowest BCUT2D eigenvalue weighted by Gasteiger charge is -2.30. The average molecular weight is 336 g/mol. The first-order valence-electron chi connectivity index (χ1n) is 8.46. The highest BCUT2D eigenvalue weighted by molar-refractivity contribution is 6.11. The molecule has 0 saturated carbocycles. The number of imide groups is 2. The van der Waals surface area contributed by atoms with Gasteiger partial charge in [-0.3, -0.25) is 19.4 Å². The number of hydrogen-bond donors (Lipinski definition) is 0. The van der Waals surface area contributed by atoms with E-state index in [4.69, 9.17) is 0 Å². The molecule has 0 aliphatic carbocycles. The largest absolute Gasteiger partial charge is 0.333 e. The SMILES string of the molecule is O=C(c1ccccc1)N1CCCCCN(C(=O)c2ccccc2)C1=O. The van der Waals surface area contributed by atoms with Crippen molar-refractivity contribution in [2.45, 2.75) is 19.3 Å². The predicted octanol–water partition coefficient (Wildman–Crippen LogP) is 3.58. The molecule has 2 aromatic rings. The Morgan fingerprint density at radius 1 is 0.640 bits per heavy atom. The summed E-state index contributed by atoms with van der Waals surface area (Å²) in [4.78, 5) is 40.8. The van der Waals surface area contributed by atoms with Crippen molar-refractivity contribution in [3.8, 4) is 0 Å². The van der Waals surface area contributed by atoms with E-state index in [1.165, 1.54) is 9.80 Å². The monoisotopic (exact) mass is 336 g/mol. The van der Waals surface area contributed by atoms with Crippen LogP contribution >= 0.6 is 0 Å². The van der Waals surface area contributed by atoms with Crippen molar-refractivity contribution in [2.75, 3.05) is 13.1 Å². The van der Waals surface area contributed by atoms with Crippen molar-refractivity contribution in [3.05, 3.63) is 71.8 Å². The van der Waals surface area contributed by atoms with Crippen molar-refractivity contribution in [3.63, 3.8) is 0 Å². The van der Waals surface area contributed by atoms with Gasteiger partial charge in [-0.1, -0.05) is 36.4 Å². The molecule has 5 nitrogen and oxygen atoms in total. The molecule has 1 saturated heterocycles. The molecule has 2 aromatic carbocycles. The molecule has 3 rings (SSSR count). The molecular weight excluding hydrogens is 316 g/mol. The molecule has 1 fully saturated rings. The number of hydrogen-bond acceptors (Lipinski definition) is 3. The maximum Gasteiger partial charge on any atom is 0.333 e. The maximum atomic E-state index is 12.9. The third-order valence-corrected chi connectivity index (χ3v) is 4.26. The summed E-state index contributed by atoms with van der Waals surface area (Å²) in [5.74, 6) is -0.725. The zero-order valence-electron chi connectivity index (χ0n) is 13.9. The van der Waals surface area contributed by atoms with E-state index < -0.39 is 6.03 Å². The van der Waals surface area contributed by atoms with Crippen LogP contribution in [0.3, 0.4) is 0 Å². The molecule has 1 heterocycles. The standard InChI is InChI=1S/C20H20N2O3/c23-18(16-10-4-1-5-11-16)21-14-8-3-9-15-22(20(21)25)19(24)17-12-6-2-7-13-17/h1-2,4-7,10-13H,3,8-9,14-15H2. The van der Waals surface area contributed by atoms with Crippen LogP contribution in [0.2, 0.25) is 0 Å². The number of carbonyl (C=O) groups is 3. The molecular formula is C20H20N2O3. The van der Waals surface area contributed by atoms with Crippen LogP contribution in [-0.2, 0) is 0 Å². The van der Waals surface area contributed by atoms with Gasteiger partial charge in [-0.2, -0.15) is 0 Å². The third-order valence-electron chi connectivity index (χ3n) is 4.26. The number of rotatable bonds is 2. The summed E-state index contributed by atoms with van der Waals surface area (Å²) >= 11 is 0. The molecule has 1 aliphatic heterocycles. The highest BCUT2D eigenvalue weighted by Crippen LogP contribution is 2.16. The highest BCUT2D eigenvalue weighted by Gasteiger charge is 2.32. The molecule has 5 heteroatoms. The van der Waals surface area contributed by atoms with Crippen LogP contribution in [0.4, 0.5) is 4.79 Å². The Bertz CT molecular complexity index is 696. The van der Waals surface area contributed by atoms with Crippen LogP contribution in [0.5, 0.6) is 0 Å². The Balaban J connectivity index is 1.87. The van der Waals surface area contributed by atoms with Gasteiger partial charge in [0.2, 0.25) is 0 Å². The van der Waals surface area contributed by atoms with Gasteiger partial charge >= 0.3 is 6.03 Å². The minimum Gasteiger partial charge on any atom is -0.269 e. The molecule has 0 unspecified atom stereocenters. The Labute approximate surface area is 146 Å². The molecule has 0 spiro atoms. The van der Waals surface area contributed by atoms with Crippen molar-refractivity contribution in [2.24, 2.45) is 0 Å². The second-order valence-corrected chi connectivity index (χ2v) is 5.99. The minimum atomic E-state index is -0.539. The van der Waals surface area contributed by atoms with E-state index >= 15 is 0 Å². The Morgan fingerprint density at radius 3 is 1.44 bits per heavy atom. The van der Waals surface area contributed by atoms with E-state index in [1.54, 1.807) is 48.5 Å². The number of urea groups is 1. The fraction of sp³-hybridized carbons (Fsp3) is 0.250. The van der Waals surface area contributed by atoms with Gasteiger partial charge in [0.25, 0.3) is 11.8 Å². The molecule has 0 N–H and O–H groups in total. The number of benzene rings is 2. The summed E-state index contributed by atoms with van der Waals surface area (Å²) < 4.78 is 0. The van der Waals surface area contributed by atoms with Crippen molar-refractivity contribution in [1.82, 2.24) is 9.80 Å². The van der Waals surface area contributed by atoms with Crippen molar-refractivity contribution in [1.29, 1.82) is 0 Å². The van der Waals surface area contributed by atoms with Gasteiger partial charge in [0, 0.05) is 24.2 Å². The van der Waals surface area contributed by atoms with Crippen LogP contribution in [0, 0.1) is 0 Å². The summed E-state index contributed by atoms with van der Waals surface area (Å²) in [5.41, 5.74) is 0.895. The number of amides is 4. The van der Waals surface area contributed by atoms with Crippen LogP contribution in [-0.4, -0.2) is 40.7 Å². The fourth-order valence-corrected chi connectivity index (χ4v) is 2.90. The van der Waals surface area contributed by atoms with E-state index in [0.29, 0.717) is 24.2 Å². The van der Waals surface area contributed by atoms with E-state index in [9.17, 15) is 14.4 Å². The number of carbonyl (C=O) groups excluding carboxylic acids is 3. The molecule has 4 amide bonds. The van der Waals surface area contributed by atoms with Crippen molar-refractivity contribution < 1.29 is 14.4 Å². The lowest BCUT2D eigenvalue weighted by Crippen LogP contribution is -2.50. The summed E-state index contributed by atoms with van der Waals surface area (Å²) in [6.07, 6.45) is 2.36. The molecule has 0 atom stereocenters. The van der Waals surface area contributed by atoms with Gasteiger partial charge in [-0.25, -0.2) is 4.79 Å². The fourth-order valence-electron chi connectivity index (χ4n) is 2.90. The zero-order chi connectivity index (χ0) is 17.6. The first kappa shape index (κ1) is 16.9. The smallest absolute Gasteiger partial charge is 0.269 e. The first-order valence-corrected chi connectivity index (χ1v) is 8.46. The molecule has 25 heavy (non-hydrogen) atoms. The first-order chi connectivity index (χ1) is 12.2. The average Bonchev–Trinajstić information content (AvgIpc) is 2.66. The predicted molar refractivity (Wildman–Crippen MR) is 94.2 cm³/mol. The maximum absolute atomic E-state index is 12.9. The molecule has 0 aromatic heterocycles. The van der Waals surface area contributed by atoms with E-state index in [-0.39, 0.29) is 11.8 Å². The molecule has 128 valence electrons. The Kier molecular flexibility index (Phi) is 5.23. The molecule has 1 aliphatic rings. The second-order valence-electron chi connectivity index (χ2n) is 5.99. The van der Waals surface area contributed by atoms with Gasteiger partial charge in [-0.15, -0.1) is 0 Å². The second kappa shape index (κ2) is 7.75. The Hall–Kier alpha value is -2.95. The van der Waals surface area contributed by atoms with Gasteiger partial charge in [0.1, 0.15) is 0 Å². The Morgan fingerprint density at radius 2 is 1.04 bits per heavy atom. The van der Waals surface area contributed by atoms with Crippen LogP contribution in [0.1, 0.15) is 40.0 Å². The van der Waals surface area contributed by atoms with E-state index in [1.807, 2.05) is 12.1 Å². The summed E-state index contributed by atoms with van der Waals surface area (Å²) in [5, 5.41) is 0. The highest BCUT2D eigenvalue weighted by atomic mass is 16.2. The van der Waals surface area contributed by atoms with E-state index in [2.05, 4.69) is 0 Å². The lowest BCUT2D eigenvalue weighted by atomic mass is 10.1. The summed E-state index contributed by atoms with van der Waals surface area (Å²) in [6.45, 7) is 0.649. The van der Waals surface area contributed by atoms with Gasteiger partial charge in [-0.05, 0) is 43.5 Å². The summed E-state index contributed by atoms with van der Waals surface area (Å²) in [6, 6.07) is 16.8. The van der Waals surface area contributed by atoms with Crippen LogP contribution < -0.4 is 0 Å². The van der Waals surface area contributed by atoms with Gasteiger partial charge < -0.3 is 0 Å². The zero-order valence-corrected chi connectivity index (χ0v) is 13.9. The normalized spacial score (nSPS) is 15.4. The van der Waals surface area contributed by atoms with Crippen LogP contribution in [0.25, 0.3) is 0 Å². The van der Waals surface area contributed by atoms with Gasteiger partial charge in [0.15, 0.2) is 0 Å². The number of nitrogens with zero attached hydrogens (tertiary/aromatic N) is 2. The molecule has 0 bridgehead atoms. The quantitative estimate of drug-likeness (QED) is 0.842. The topological polar surface area (TPSA) is 57.7 Å². The summed E-state index contributed by atoms with van der Waals surface area (Å²) in [7, 11) is 0.